The minimum atomic E-state index is -5.06. The van der Waals surface area contributed by atoms with Crippen molar-refractivity contribution in [1.29, 1.82) is 0 Å². The van der Waals surface area contributed by atoms with Gasteiger partial charge in [0, 0.05) is 19.5 Å². The Balaban J connectivity index is -0.00000778. The second-order valence-electron chi connectivity index (χ2n) is 27.1. The number of unbranched alkanes of at least 4 members (excludes halogenated alkanes) is 1. The van der Waals surface area contributed by atoms with E-state index in [-0.39, 0.29) is 167 Å². The van der Waals surface area contributed by atoms with Crippen LogP contribution in [0, 0.1) is 23.7 Å². The Kier molecular flexibility index (Phi) is 63.7. The van der Waals surface area contributed by atoms with E-state index in [4.69, 9.17) is 0 Å². The van der Waals surface area contributed by atoms with Crippen molar-refractivity contribution in [1.82, 2.24) is 85.1 Å². The Morgan fingerprint density at radius 1 is 0.451 bits per heavy atom. The Morgan fingerprint density at radius 2 is 0.823 bits per heavy atom. The molecule has 0 spiro atoms. The van der Waals surface area contributed by atoms with E-state index in [9.17, 15) is 128 Å². The molecular weight excluding hydrogens is 1660 g/mol. The predicted molar refractivity (Wildman–Crippen MR) is 378 cm³/mol. The van der Waals surface area contributed by atoms with E-state index < -0.39 is 307 Å². The van der Waals surface area contributed by atoms with Crippen LogP contribution in [0.2, 0.25) is 0 Å². The molecule has 113 heavy (non-hydrogen) atoms. The minimum absolute atomic E-state index is 0. The molecule has 11 amide bonds. The van der Waals surface area contributed by atoms with Gasteiger partial charge >= 0.3 is 148 Å². The first-order chi connectivity index (χ1) is 49.8. The zero-order valence-electron chi connectivity index (χ0n) is 66.6. The van der Waals surface area contributed by atoms with Crippen molar-refractivity contribution >= 4 is 116 Å². The monoisotopic (exact) mass is 1760 g/mol. The summed E-state index contributed by atoms with van der Waals surface area (Å²) >= 11 is 0. The number of aliphatic hydroxyl groups excluding tert-OH is 2. The molecule has 0 aromatic rings. The molecule has 54 heteroatoms. The Hall–Kier alpha value is -1.56. The maximum atomic E-state index is 15.0. The molecule has 1 aliphatic rings. The number of hydrogen-bond acceptors (Lipinski definition) is 33. The van der Waals surface area contributed by atoms with E-state index in [1.165, 1.54) is 6.92 Å². The second-order valence-corrected chi connectivity index (χ2v) is 34.1. The molecule has 626 valence electrons. The van der Waals surface area contributed by atoms with Crippen molar-refractivity contribution in [2.45, 2.75) is 212 Å². The first-order valence-corrected chi connectivity index (χ1v) is 42.6. The molecule has 1 fully saturated rings. The van der Waals surface area contributed by atoms with Gasteiger partial charge in [0.15, 0.2) is 0 Å². The molecule has 0 radical (unpaired) electrons. The van der Waals surface area contributed by atoms with Gasteiger partial charge in [-0.15, -0.1) is 0 Å². The standard InChI is InChI=1S/C59H112N16O28S5.5Na/c1-10-35(6)13-11-12-14-46(78)66-39(15-20-60-28-104(89,90)91)53(82)75-49(38(9)77)59(88)73-47(36(7)27-64-32-108(101,102)103)58(87)70-43-19-24-65-57(86)48(37(8)76)74-54(83)42(18-23-63-31-107(98,99)100)68-50(79)40(16-21-61-29-105(92,93)94)69-55(84)44(25-33(2)3)72-56(85)45(26-34(4)5)71-52(81)41(67-51(43)80)17-22-62-30-106(95,96)97;;;;;/h33-45,47-49,60-64,76-77H,10-32H2,1-9H3,(H,65,86)(H,66,78)(H,67,80)(H,68,79)(H,69,84)(H,70,87)(H,71,81)(H,72,85)(H,73,88)(H,74,83)(H,75,82)(H,89,90,91)(H,92,93,94)(H,95,96,97)(H,98,99,100)(H,101,102,103);;;;;/q;5*+1/p-5. The topological polar surface area (TPSA) is 707 Å². The third kappa shape index (κ3) is 55.9. The maximum absolute atomic E-state index is 15.0. The van der Waals surface area contributed by atoms with Gasteiger partial charge in [-0.05, 0) is 115 Å². The Bertz CT molecular complexity index is 3590. The molecular formula is C59H107N16Na5O28S5. The summed E-state index contributed by atoms with van der Waals surface area (Å²) in [5.41, 5.74) is 0. The van der Waals surface area contributed by atoms with E-state index in [2.05, 4.69) is 85.1 Å². The minimum Gasteiger partial charge on any atom is -0.747 e. The van der Waals surface area contributed by atoms with Crippen LogP contribution in [0.3, 0.4) is 0 Å². The average molecular weight is 1760 g/mol. The second kappa shape index (κ2) is 60.0. The van der Waals surface area contributed by atoms with Crippen LogP contribution in [0.1, 0.15) is 139 Å². The fourth-order valence-corrected chi connectivity index (χ4v) is 12.3. The predicted octanol–water partition coefficient (Wildman–Crippen LogP) is -24.5. The van der Waals surface area contributed by atoms with Crippen molar-refractivity contribution in [2.75, 3.05) is 68.7 Å². The molecule has 0 bridgehead atoms. The number of nitrogens with one attached hydrogen (secondary N) is 16. The fraction of sp³-hybridized carbons (Fsp3) is 0.814. The molecule has 0 aromatic heterocycles. The Morgan fingerprint density at radius 3 is 1.21 bits per heavy atom. The summed E-state index contributed by atoms with van der Waals surface area (Å²) in [7, 11) is -24.8. The van der Waals surface area contributed by atoms with Gasteiger partial charge in [-0.2, -0.15) is 0 Å². The summed E-state index contributed by atoms with van der Waals surface area (Å²) in [4.78, 5) is 158. The summed E-state index contributed by atoms with van der Waals surface area (Å²) < 4.78 is 173. The van der Waals surface area contributed by atoms with Crippen LogP contribution in [-0.2, 0) is 103 Å². The van der Waals surface area contributed by atoms with Crippen molar-refractivity contribution in [3.8, 4) is 0 Å². The smallest absolute Gasteiger partial charge is 0.747 e. The number of hydrogen-bond donors (Lipinski definition) is 18. The van der Waals surface area contributed by atoms with Gasteiger partial charge in [0.25, 0.3) is 0 Å². The van der Waals surface area contributed by atoms with E-state index in [1.807, 2.05) is 13.8 Å². The molecule has 1 rings (SSSR count). The summed E-state index contributed by atoms with van der Waals surface area (Å²) in [5.74, 6) is -21.5. The molecule has 1 aliphatic heterocycles. The largest absolute Gasteiger partial charge is 1.00 e. The van der Waals surface area contributed by atoms with Crippen molar-refractivity contribution in [3.63, 3.8) is 0 Å². The fourth-order valence-electron chi connectivity index (χ4n) is 10.4. The zero-order valence-corrected chi connectivity index (χ0v) is 80.6. The van der Waals surface area contributed by atoms with Crippen molar-refractivity contribution < 1.29 is 276 Å². The third-order valence-corrected chi connectivity index (χ3v) is 19.0. The van der Waals surface area contributed by atoms with Gasteiger partial charge < -0.3 is 118 Å². The quantitative estimate of drug-likeness (QED) is 0.0153. The summed E-state index contributed by atoms with van der Waals surface area (Å²) in [6, 6.07) is -18.9. The Labute approximate surface area is 771 Å². The molecule has 1 heterocycles. The van der Waals surface area contributed by atoms with Gasteiger partial charge in [-0.3, -0.25) is 52.7 Å². The van der Waals surface area contributed by atoms with Gasteiger partial charge in [-0.25, -0.2) is 42.1 Å². The molecule has 0 saturated carbocycles. The maximum Gasteiger partial charge on any atom is 1.00 e. The van der Waals surface area contributed by atoms with Crippen LogP contribution < -0.4 is 233 Å². The van der Waals surface area contributed by atoms with E-state index >= 15 is 0 Å². The van der Waals surface area contributed by atoms with E-state index in [0.717, 1.165) is 26.7 Å². The van der Waals surface area contributed by atoms with Crippen LogP contribution in [0.4, 0.5) is 0 Å². The van der Waals surface area contributed by atoms with Crippen LogP contribution in [0.25, 0.3) is 0 Å². The van der Waals surface area contributed by atoms with Gasteiger partial charge in [0.2, 0.25) is 65.0 Å². The summed E-state index contributed by atoms with van der Waals surface area (Å²) in [5, 5.41) is 59.3. The number of amides is 11. The summed E-state index contributed by atoms with van der Waals surface area (Å²) in [6.45, 7) is 10.00. The van der Waals surface area contributed by atoms with Gasteiger partial charge in [-0.1, -0.05) is 67.7 Å². The van der Waals surface area contributed by atoms with Gasteiger partial charge in [0.05, 0.1) is 41.6 Å². The van der Waals surface area contributed by atoms with Crippen LogP contribution in [0.5, 0.6) is 0 Å². The number of aliphatic hydroxyl groups is 2. The summed E-state index contributed by atoms with van der Waals surface area (Å²) in [6.07, 6.45) is -4.93. The van der Waals surface area contributed by atoms with Gasteiger partial charge in [0.1, 0.15) is 111 Å². The molecule has 0 aliphatic carbocycles. The van der Waals surface area contributed by atoms with Crippen LogP contribution in [0.15, 0.2) is 0 Å². The zero-order chi connectivity index (χ0) is 82.7. The molecule has 14 unspecified atom stereocenters. The normalized spacial score (nSPS) is 20.8. The number of carbonyl (C=O) groups is 11. The average Bonchev–Trinajstić information content (AvgIpc) is 1.06. The molecule has 1 saturated heterocycles. The SMILES string of the molecule is CCC(C)CCCCC(=O)NC(CCNCS(=O)(=O)[O-])C(=O)NC(C(=O)NC(C(=O)NC1CCNC(=O)C(C(C)O)NC(=O)C(CCNCS(=O)(=O)[O-])NC(=O)C(CCNCS(=O)(=O)[O-])NC(=O)C(CC(C)C)NC(=O)C(CC(C)C)NC(=O)C(CCNCS(=O)(=O)[O-])NC1=O)C(C)CNCS(=O)(=O)[O-])C(C)O.[Na+].[Na+].[Na+].[Na+].[Na+]. The van der Waals surface area contributed by atoms with Crippen LogP contribution in [-0.4, -0.2) is 281 Å². The number of carbonyl (C=O) groups excluding carboxylic acids is 11. The first-order valence-electron chi connectivity index (χ1n) is 34.7. The molecule has 44 nitrogen and oxygen atoms in total. The molecule has 0 aromatic carbocycles. The van der Waals surface area contributed by atoms with Crippen LogP contribution >= 0.6 is 0 Å². The van der Waals surface area contributed by atoms with E-state index in [1.54, 1.807) is 27.7 Å². The van der Waals surface area contributed by atoms with Crippen molar-refractivity contribution in [3.05, 3.63) is 0 Å². The van der Waals surface area contributed by atoms with Crippen molar-refractivity contribution in [2.24, 2.45) is 23.7 Å². The number of rotatable bonds is 44. The first kappa shape index (κ1) is 120. The molecule has 18 N–H and O–H groups in total. The third-order valence-electron chi connectivity index (χ3n) is 16.2. The molecule has 14 atom stereocenters. The van der Waals surface area contributed by atoms with E-state index in [0.29, 0.717) is 18.8 Å².